The zero-order valence-corrected chi connectivity index (χ0v) is 21.0. The summed E-state index contributed by atoms with van der Waals surface area (Å²) in [4.78, 5) is 4.66. The lowest BCUT2D eigenvalue weighted by Crippen LogP contribution is -2.38. The number of halogens is 1. The maximum Gasteiger partial charge on any atom is 0.191 e. The van der Waals surface area contributed by atoms with Crippen molar-refractivity contribution in [3.8, 4) is 0 Å². The van der Waals surface area contributed by atoms with Crippen LogP contribution in [0.25, 0.3) is 0 Å². The van der Waals surface area contributed by atoms with Crippen LogP contribution < -0.4 is 10.6 Å². The highest BCUT2D eigenvalue weighted by atomic mass is 127. The first-order valence-corrected chi connectivity index (χ1v) is 10.8. The Hall–Kier alpha value is -0.860. The fourth-order valence-corrected chi connectivity index (χ4v) is 3.19. The molecule has 1 heterocycles. The average Bonchev–Trinajstić information content (AvgIpc) is 2.68. The summed E-state index contributed by atoms with van der Waals surface area (Å²) in [5, 5.41) is 6.76. The van der Waals surface area contributed by atoms with Crippen LogP contribution in [0.3, 0.4) is 0 Å². The van der Waals surface area contributed by atoms with Gasteiger partial charge in [0.05, 0.1) is 6.10 Å². The van der Waals surface area contributed by atoms with Crippen molar-refractivity contribution in [3.05, 3.63) is 35.4 Å². The van der Waals surface area contributed by atoms with Crippen molar-refractivity contribution < 1.29 is 9.47 Å². The van der Waals surface area contributed by atoms with Crippen LogP contribution in [0.2, 0.25) is 0 Å². The van der Waals surface area contributed by atoms with Crippen molar-refractivity contribution in [3.63, 3.8) is 0 Å². The molecule has 1 aromatic carbocycles. The fraction of sp³-hybridized carbons (Fsp3) is 0.696. The first-order chi connectivity index (χ1) is 13.5. The van der Waals surface area contributed by atoms with Crippen LogP contribution in [-0.4, -0.2) is 51.5 Å². The van der Waals surface area contributed by atoms with E-state index >= 15 is 0 Å². The third kappa shape index (κ3) is 10.6. The standard InChI is InChI=1S/C23H39N3O2.HI/c1-5-24-22(25-14-6-16-28-21-12-17-27-18-13-21)26-15-11-19-7-9-20(10-8-19)23(2,3)4;/h7-10,21H,5-6,11-18H2,1-4H3,(H2,24,25,26);1H. The molecule has 2 rings (SSSR count). The molecule has 1 fully saturated rings. The predicted octanol–water partition coefficient (Wildman–Crippen LogP) is 4.29. The molecule has 0 aliphatic carbocycles. The Morgan fingerprint density at radius 3 is 2.45 bits per heavy atom. The largest absolute Gasteiger partial charge is 0.381 e. The molecule has 0 bridgehead atoms. The van der Waals surface area contributed by atoms with Gasteiger partial charge in [-0.25, -0.2) is 0 Å². The Kier molecular flexibility index (Phi) is 12.8. The van der Waals surface area contributed by atoms with Gasteiger partial charge in [0.25, 0.3) is 0 Å². The topological polar surface area (TPSA) is 54.9 Å². The molecular formula is C23H40IN3O2. The molecule has 1 saturated heterocycles. The van der Waals surface area contributed by atoms with E-state index in [2.05, 4.69) is 67.6 Å². The Labute approximate surface area is 194 Å². The number of ether oxygens (including phenoxy) is 2. The van der Waals surface area contributed by atoms with Crippen LogP contribution in [-0.2, 0) is 21.3 Å². The third-order valence-electron chi connectivity index (χ3n) is 4.96. The summed E-state index contributed by atoms with van der Waals surface area (Å²) >= 11 is 0. The van der Waals surface area contributed by atoms with E-state index in [0.717, 1.165) is 71.1 Å². The smallest absolute Gasteiger partial charge is 0.191 e. The maximum atomic E-state index is 5.91. The van der Waals surface area contributed by atoms with Crippen molar-refractivity contribution in [1.29, 1.82) is 0 Å². The van der Waals surface area contributed by atoms with E-state index in [1.807, 2.05) is 0 Å². The monoisotopic (exact) mass is 517 g/mol. The number of aliphatic imine (C=N–C) groups is 1. The van der Waals surface area contributed by atoms with Gasteiger partial charge in [0.1, 0.15) is 0 Å². The number of benzene rings is 1. The lowest BCUT2D eigenvalue weighted by molar-refractivity contribution is -0.0318. The minimum atomic E-state index is 0. The molecule has 29 heavy (non-hydrogen) atoms. The van der Waals surface area contributed by atoms with Gasteiger partial charge in [-0.1, -0.05) is 45.0 Å². The number of hydrogen-bond acceptors (Lipinski definition) is 3. The zero-order chi connectivity index (χ0) is 20.2. The number of nitrogens with zero attached hydrogens (tertiary/aromatic N) is 1. The maximum absolute atomic E-state index is 5.91. The van der Waals surface area contributed by atoms with Crippen LogP contribution in [0.1, 0.15) is 58.1 Å². The summed E-state index contributed by atoms with van der Waals surface area (Å²) in [7, 11) is 0. The normalized spacial score (nSPS) is 15.7. The van der Waals surface area contributed by atoms with Gasteiger partial charge in [0.15, 0.2) is 5.96 Å². The summed E-state index contributed by atoms with van der Waals surface area (Å²) in [6, 6.07) is 8.96. The minimum Gasteiger partial charge on any atom is -0.381 e. The van der Waals surface area contributed by atoms with Gasteiger partial charge in [0, 0.05) is 39.5 Å². The Balaban J connectivity index is 0.00000420. The molecule has 1 aliphatic rings. The molecule has 0 unspecified atom stereocenters. The molecule has 2 N–H and O–H groups in total. The minimum absolute atomic E-state index is 0. The van der Waals surface area contributed by atoms with Gasteiger partial charge in [-0.05, 0) is 49.1 Å². The highest BCUT2D eigenvalue weighted by molar-refractivity contribution is 14.0. The molecular weight excluding hydrogens is 477 g/mol. The second-order valence-corrected chi connectivity index (χ2v) is 8.42. The van der Waals surface area contributed by atoms with Crippen molar-refractivity contribution in [1.82, 2.24) is 10.6 Å². The summed E-state index contributed by atoms with van der Waals surface area (Å²) in [6.45, 7) is 13.8. The SMILES string of the molecule is CCNC(=NCCCOC1CCOCC1)NCCc1ccc(C(C)(C)C)cc1.I. The second-order valence-electron chi connectivity index (χ2n) is 8.42. The summed E-state index contributed by atoms with van der Waals surface area (Å²) < 4.78 is 11.3. The quantitative estimate of drug-likeness (QED) is 0.222. The lowest BCUT2D eigenvalue weighted by Gasteiger charge is -2.22. The molecule has 0 saturated carbocycles. The van der Waals surface area contributed by atoms with E-state index in [1.165, 1.54) is 11.1 Å². The summed E-state index contributed by atoms with van der Waals surface area (Å²) in [5.74, 6) is 0.889. The van der Waals surface area contributed by atoms with Crippen molar-refractivity contribution >= 4 is 29.9 Å². The molecule has 0 radical (unpaired) electrons. The van der Waals surface area contributed by atoms with Crippen molar-refractivity contribution in [2.75, 3.05) is 39.5 Å². The molecule has 1 aromatic rings. The Morgan fingerprint density at radius 2 is 1.83 bits per heavy atom. The number of rotatable bonds is 9. The van der Waals surface area contributed by atoms with Gasteiger partial charge < -0.3 is 20.1 Å². The first-order valence-electron chi connectivity index (χ1n) is 10.8. The summed E-state index contributed by atoms with van der Waals surface area (Å²) in [5.41, 5.74) is 2.93. The molecule has 0 amide bonds. The Morgan fingerprint density at radius 1 is 1.14 bits per heavy atom. The molecule has 166 valence electrons. The zero-order valence-electron chi connectivity index (χ0n) is 18.6. The highest BCUT2D eigenvalue weighted by Gasteiger charge is 2.14. The molecule has 0 spiro atoms. The van der Waals surface area contributed by atoms with Crippen LogP contribution in [0.4, 0.5) is 0 Å². The van der Waals surface area contributed by atoms with E-state index in [1.54, 1.807) is 0 Å². The van der Waals surface area contributed by atoms with Crippen LogP contribution in [0.15, 0.2) is 29.3 Å². The first kappa shape index (κ1) is 26.2. The number of guanidine groups is 1. The van der Waals surface area contributed by atoms with Gasteiger partial charge in [0.2, 0.25) is 0 Å². The number of hydrogen-bond donors (Lipinski definition) is 2. The second kappa shape index (κ2) is 14.2. The van der Waals surface area contributed by atoms with E-state index in [0.29, 0.717) is 6.10 Å². The van der Waals surface area contributed by atoms with Gasteiger partial charge in [-0.2, -0.15) is 0 Å². The lowest BCUT2D eigenvalue weighted by atomic mass is 9.86. The van der Waals surface area contributed by atoms with Crippen LogP contribution in [0.5, 0.6) is 0 Å². The van der Waals surface area contributed by atoms with Gasteiger partial charge >= 0.3 is 0 Å². The van der Waals surface area contributed by atoms with Gasteiger partial charge in [-0.3, -0.25) is 4.99 Å². The molecule has 0 atom stereocenters. The van der Waals surface area contributed by atoms with Crippen LogP contribution >= 0.6 is 24.0 Å². The highest BCUT2D eigenvalue weighted by Crippen LogP contribution is 2.22. The average molecular weight is 517 g/mol. The molecule has 5 nitrogen and oxygen atoms in total. The van der Waals surface area contributed by atoms with E-state index in [4.69, 9.17) is 9.47 Å². The van der Waals surface area contributed by atoms with E-state index in [9.17, 15) is 0 Å². The molecule has 6 heteroatoms. The number of nitrogens with one attached hydrogen (secondary N) is 2. The third-order valence-corrected chi connectivity index (χ3v) is 4.96. The Bertz CT molecular complexity index is 579. The molecule has 1 aliphatic heterocycles. The van der Waals surface area contributed by atoms with Crippen molar-refractivity contribution in [2.24, 2.45) is 4.99 Å². The van der Waals surface area contributed by atoms with E-state index < -0.39 is 0 Å². The van der Waals surface area contributed by atoms with Gasteiger partial charge in [-0.15, -0.1) is 24.0 Å². The predicted molar refractivity (Wildman–Crippen MR) is 133 cm³/mol. The van der Waals surface area contributed by atoms with Crippen LogP contribution in [0, 0.1) is 0 Å². The fourth-order valence-electron chi connectivity index (χ4n) is 3.19. The molecule has 0 aromatic heterocycles. The van der Waals surface area contributed by atoms with Crippen molar-refractivity contribution in [2.45, 2.75) is 64.9 Å². The van der Waals surface area contributed by atoms with E-state index in [-0.39, 0.29) is 29.4 Å². The summed E-state index contributed by atoms with van der Waals surface area (Å²) in [6.07, 6.45) is 4.34.